The average molecular weight is 475 g/mol. The molecule has 1 amide bonds. The molecule has 2 saturated heterocycles. The summed E-state index contributed by atoms with van der Waals surface area (Å²) in [6.07, 6.45) is 5.47. The number of rotatable bonds is 9. The molecule has 0 N–H and O–H groups in total. The van der Waals surface area contributed by atoms with Gasteiger partial charge >= 0.3 is 0 Å². The van der Waals surface area contributed by atoms with Gasteiger partial charge in [0.05, 0.1) is 13.0 Å². The molecule has 0 unspecified atom stereocenters. The number of likely N-dealkylation sites (tertiary alicyclic amines) is 2. The van der Waals surface area contributed by atoms with Crippen LogP contribution in [0.4, 0.5) is 0 Å². The van der Waals surface area contributed by atoms with E-state index in [0.29, 0.717) is 12.5 Å². The van der Waals surface area contributed by atoms with Gasteiger partial charge in [-0.25, -0.2) is 0 Å². The fourth-order valence-corrected chi connectivity index (χ4v) is 5.53. The Morgan fingerprint density at radius 2 is 1.91 bits per heavy atom. The molecule has 0 spiro atoms. The zero-order chi connectivity index (χ0) is 24.4. The lowest BCUT2D eigenvalue weighted by Gasteiger charge is -2.43. The number of nitrogens with zero attached hydrogens (tertiary/aromatic N) is 2. The third-order valence-corrected chi connectivity index (χ3v) is 7.88. The van der Waals surface area contributed by atoms with Crippen LogP contribution in [0, 0.1) is 5.92 Å². The lowest BCUT2D eigenvalue weighted by molar-refractivity contribution is -0.144. The summed E-state index contributed by atoms with van der Waals surface area (Å²) >= 11 is 0. The zero-order valence-electron chi connectivity index (χ0n) is 21.4. The second-order valence-corrected chi connectivity index (χ2v) is 10.3. The van der Waals surface area contributed by atoms with Crippen molar-refractivity contribution in [2.24, 2.45) is 5.92 Å². The summed E-state index contributed by atoms with van der Waals surface area (Å²) in [5.41, 5.74) is 7.99. The molecule has 0 atom stereocenters. The number of carbonyl (C=O) groups excluding carboxylic acids is 1. The Bertz CT molecular complexity index is 1110. The third-order valence-electron chi connectivity index (χ3n) is 7.88. The summed E-state index contributed by atoms with van der Waals surface area (Å²) in [6.45, 7) is 9.67. The molecule has 2 aromatic carbocycles. The van der Waals surface area contributed by atoms with E-state index in [1.54, 1.807) is 7.11 Å². The summed E-state index contributed by atoms with van der Waals surface area (Å²) in [6, 6.07) is 12.9. The van der Waals surface area contributed by atoms with Gasteiger partial charge in [-0.05, 0) is 73.1 Å². The highest BCUT2D eigenvalue weighted by molar-refractivity contribution is 5.81. The van der Waals surface area contributed by atoms with E-state index in [4.69, 9.17) is 9.47 Å². The van der Waals surface area contributed by atoms with E-state index >= 15 is 0 Å². The molecule has 2 aliphatic heterocycles. The molecule has 5 rings (SSSR count). The van der Waals surface area contributed by atoms with E-state index in [1.807, 2.05) is 4.90 Å². The minimum absolute atomic E-state index is 0.216. The van der Waals surface area contributed by atoms with E-state index in [9.17, 15) is 4.79 Å². The molecule has 35 heavy (non-hydrogen) atoms. The number of amides is 1. The summed E-state index contributed by atoms with van der Waals surface area (Å²) in [5, 5.41) is 0. The second kappa shape index (κ2) is 10.4. The van der Waals surface area contributed by atoms with Crippen molar-refractivity contribution in [3.8, 4) is 11.5 Å². The van der Waals surface area contributed by atoms with Crippen LogP contribution in [0.3, 0.4) is 0 Å². The van der Waals surface area contributed by atoms with Crippen LogP contribution in [0.2, 0.25) is 0 Å². The molecule has 5 heteroatoms. The molecule has 0 aromatic heterocycles. The van der Waals surface area contributed by atoms with Gasteiger partial charge in [-0.3, -0.25) is 9.69 Å². The summed E-state index contributed by atoms with van der Waals surface area (Å²) in [4.78, 5) is 16.8. The number of fused-ring (bicyclic) bond motifs is 1. The van der Waals surface area contributed by atoms with Crippen LogP contribution >= 0.6 is 0 Å². The first-order valence-electron chi connectivity index (χ1n) is 13.2. The SMILES string of the molecule is CCCc1ccc(COc2ccc3c(c2)CCC(CN2CC(C(=O)N4CCC4)C2)=C3C)c(OC)c1. The maximum atomic E-state index is 12.4. The first-order chi connectivity index (χ1) is 17.1. The normalized spacial score (nSPS) is 18.1. The highest BCUT2D eigenvalue weighted by Gasteiger charge is 2.37. The average Bonchev–Trinajstić information content (AvgIpc) is 2.80. The molecule has 0 bridgehead atoms. The summed E-state index contributed by atoms with van der Waals surface area (Å²) < 4.78 is 11.8. The van der Waals surface area contributed by atoms with Crippen LogP contribution in [0.25, 0.3) is 5.57 Å². The largest absolute Gasteiger partial charge is 0.496 e. The Labute approximate surface area is 209 Å². The molecule has 2 fully saturated rings. The predicted molar refractivity (Wildman–Crippen MR) is 140 cm³/mol. The van der Waals surface area contributed by atoms with Gasteiger partial charge < -0.3 is 14.4 Å². The fourth-order valence-electron chi connectivity index (χ4n) is 5.53. The van der Waals surface area contributed by atoms with Crippen LogP contribution in [0.5, 0.6) is 11.5 Å². The third kappa shape index (κ3) is 5.11. The smallest absolute Gasteiger partial charge is 0.228 e. The van der Waals surface area contributed by atoms with Gasteiger partial charge in [-0.1, -0.05) is 37.1 Å². The number of aryl methyl sites for hydroxylation is 2. The monoisotopic (exact) mass is 474 g/mol. The standard InChI is InChI=1S/C30H38N2O3/c1-4-6-22-7-8-25(29(15-22)34-3)20-35-27-11-12-28-21(2)24(10-9-23(28)16-27)17-31-18-26(19-31)30(33)32-13-5-14-32/h7-8,11-12,15-16,26H,4-6,9-10,13-14,17-20H2,1-3H3. The summed E-state index contributed by atoms with van der Waals surface area (Å²) in [7, 11) is 1.73. The molecule has 2 heterocycles. The fraction of sp³-hybridized carbons (Fsp3) is 0.500. The van der Waals surface area contributed by atoms with Gasteiger partial charge in [0.25, 0.3) is 0 Å². The van der Waals surface area contributed by atoms with Crippen molar-refractivity contribution in [3.05, 3.63) is 64.2 Å². The highest BCUT2D eigenvalue weighted by Crippen LogP contribution is 2.35. The van der Waals surface area contributed by atoms with Gasteiger partial charge in [-0.2, -0.15) is 0 Å². The molecule has 5 nitrogen and oxygen atoms in total. The molecule has 186 valence electrons. The Balaban J connectivity index is 1.19. The molecular formula is C30H38N2O3. The topological polar surface area (TPSA) is 42.0 Å². The molecule has 2 aromatic rings. The van der Waals surface area contributed by atoms with E-state index in [1.165, 1.54) is 34.3 Å². The maximum Gasteiger partial charge on any atom is 0.228 e. The van der Waals surface area contributed by atoms with Gasteiger partial charge in [0.2, 0.25) is 5.91 Å². The van der Waals surface area contributed by atoms with Crippen molar-refractivity contribution in [2.75, 3.05) is 39.8 Å². The van der Waals surface area contributed by atoms with E-state index in [0.717, 1.165) is 75.5 Å². The molecule has 0 radical (unpaired) electrons. The van der Waals surface area contributed by atoms with Crippen molar-refractivity contribution in [2.45, 2.75) is 52.6 Å². The van der Waals surface area contributed by atoms with Crippen LogP contribution in [-0.2, 0) is 24.2 Å². The number of methoxy groups -OCH3 is 1. The van der Waals surface area contributed by atoms with Crippen LogP contribution in [-0.4, -0.2) is 55.5 Å². The van der Waals surface area contributed by atoms with Crippen molar-refractivity contribution >= 4 is 11.5 Å². The van der Waals surface area contributed by atoms with Crippen molar-refractivity contribution in [3.63, 3.8) is 0 Å². The Morgan fingerprint density at radius 1 is 1.09 bits per heavy atom. The zero-order valence-corrected chi connectivity index (χ0v) is 21.4. The Kier molecular flexibility index (Phi) is 7.14. The number of hydrogen-bond acceptors (Lipinski definition) is 4. The van der Waals surface area contributed by atoms with E-state index in [-0.39, 0.29) is 5.92 Å². The number of carbonyl (C=O) groups is 1. The second-order valence-electron chi connectivity index (χ2n) is 10.3. The van der Waals surface area contributed by atoms with Gasteiger partial charge in [0.15, 0.2) is 0 Å². The first kappa shape index (κ1) is 23.9. The Hall–Kier alpha value is -2.79. The first-order valence-corrected chi connectivity index (χ1v) is 13.2. The number of hydrogen-bond donors (Lipinski definition) is 0. The number of benzene rings is 2. The molecule has 3 aliphatic rings. The summed E-state index contributed by atoms with van der Waals surface area (Å²) in [5.74, 6) is 2.40. The van der Waals surface area contributed by atoms with Gasteiger partial charge in [0, 0.05) is 38.3 Å². The minimum Gasteiger partial charge on any atom is -0.496 e. The van der Waals surface area contributed by atoms with Gasteiger partial charge in [-0.15, -0.1) is 0 Å². The van der Waals surface area contributed by atoms with Crippen molar-refractivity contribution < 1.29 is 14.3 Å². The lowest BCUT2D eigenvalue weighted by Crippen LogP contribution is -2.57. The number of ether oxygens (including phenoxy) is 2. The van der Waals surface area contributed by atoms with Crippen LogP contribution in [0.15, 0.2) is 42.0 Å². The minimum atomic E-state index is 0.216. The van der Waals surface area contributed by atoms with Crippen LogP contribution < -0.4 is 9.47 Å². The number of allylic oxidation sites excluding steroid dienone is 1. The van der Waals surface area contributed by atoms with Crippen LogP contribution in [0.1, 0.15) is 55.4 Å². The lowest BCUT2D eigenvalue weighted by atomic mass is 9.85. The Morgan fingerprint density at radius 3 is 2.63 bits per heavy atom. The molecule has 1 aliphatic carbocycles. The highest BCUT2D eigenvalue weighted by atomic mass is 16.5. The maximum absolute atomic E-state index is 12.4. The van der Waals surface area contributed by atoms with E-state index in [2.05, 4.69) is 55.1 Å². The predicted octanol–water partition coefficient (Wildman–Crippen LogP) is 5.11. The molecule has 0 saturated carbocycles. The van der Waals surface area contributed by atoms with E-state index < -0.39 is 0 Å². The van der Waals surface area contributed by atoms with Gasteiger partial charge in [0.1, 0.15) is 18.1 Å². The quantitative estimate of drug-likeness (QED) is 0.507. The van der Waals surface area contributed by atoms with Crippen molar-refractivity contribution in [1.82, 2.24) is 9.80 Å². The van der Waals surface area contributed by atoms with Crippen molar-refractivity contribution in [1.29, 1.82) is 0 Å². The molecular weight excluding hydrogens is 436 g/mol.